The number of carbonyl (C=O) groups is 1. The van der Waals surface area contributed by atoms with E-state index in [-0.39, 0.29) is 17.2 Å². The van der Waals surface area contributed by atoms with Gasteiger partial charge in [-0.1, -0.05) is 6.07 Å². The molecule has 132 valence electrons. The van der Waals surface area contributed by atoms with E-state index in [1.807, 2.05) is 0 Å². The van der Waals surface area contributed by atoms with Crippen LogP contribution in [0.25, 0.3) is 0 Å². The number of halogens is 2. The Hall–Kier alpha value is -3.48. The Morgan fingerprint density at radius 1 is 1.04 bits per heavy atom. The van der Waals surface area contributed by atoms with Gasteiger partial charge in [-0.05, 0) is 30.3 Å². The van der Waals surface area contributed by atoms with E-state index < -0.39 is 11.6 Å². The molecule has 0 aliphatic carbocycles. The second kappa shape index (κ2) is 7.60. The van der Waals surface area contributed by atoms with Crippen LogP contribution in [0.15, 0.2) is 60.9 Å². The number of carbonyl (C=O) groups excluding carboxylic acids is 1. The molecule has 3 rings (SSSR count). The van der Waals surface area contributed by atoms with Crippen molar-refractivity contribution in [2.24, 2.45) is 0 Å². The molecule has 0 spiro atoms. The van der Waals surface area contributed by atoms with Crippen molar-refractivity contribution in [3.05, 3.63) is 78.1 Å². The Kier molecular flexibility index (Phi) is 5.07. The quantitative estimate of drug-likeness (QED) is 0.714. The van der Waals surface area contributed by atoms with Crippen molar-refractivity contribution in [1.29, 1.82) is 0 Å². The molecule has 1 aromatic heterocycles. The van der Waals surface area contributed by atoms with Gasteiger partial charge in [0, 0.05) is 24.0 Å². The minimum absolute atomic E-state index is 0.0820. The standard InChI is InChI=1S/C19H15F2N3O2/c1-26-16-4-2-3-14(9-16)24-19(25)12-7-15(11-22-10-12)23-18-6-5-13(20)8-17(18)21/h2-11,23H,1H3,(H,24,25). The molecule has 0 fully saturated rings. The zero-order valence-electron chi connectivity index (χ0n) is 13.8. The lowest BCUT2D eigenvalue weighted by Gasteiger charge is -2.10. The van der Waals surface area contributed by atoms with Crippen molar-refractivity contribution in [2.45, 2.75) is 0 Å². The van der Waals surface area contributed by atoms with Crippen LogP contribution in [-0.2, 0) is 0 Å². The van der Waals surface area contributed by atoms with Gasteiger partial charge in [-0.15, -0.1) is 0 Å². The number of aromatic nitrogens is 1. The van der Waals surface area contributed by atoms with Gasteiger partial charge in [0.05, 0.1) is 30.2 Å². The Balaban J connectivity index is 1.76. The van der Waals surface area contributed by atoms with Gasteiger partial charge in [-0.2, -0.15) is 0 Å². The van der Waals surface area contributed by atoms with Gasteiger partial charge in [0.15, 0.2) is 0 Å². The van der Waals surface area contributed by atoms with E-state index in [4.69, 9.17) is 4.74 Å². The zero-order chi connectivity index (χ0) is 18.5. The number of ether oxygens (including phenoxy) is 1. The minimum Gasteiger partial charge on any atom is -0.497 e. The highest BCUT2D eigenvalue weighted by molar-refractivity contribution is 6.04. The first-order valence-electron chi connectivity index (χ1n) is 7.67. The van der Waals surface area contributed by atoms with Crippen molar-refractivity contribution in [1.82, 2.24) is 4.98 Å². The summed E-state index contributed by atoms with van der Waals surface area (Å²) in [6.45, 7) is 0. The predicted octanol–water partition coefficient (Wildman–Crippen LogP) is 4.36. The summed E-state index contributed by atoms with van der Waals surface area (Å²) >= 11 is 0. The van der Waals surface area contributed by atoms with Gasteiger partial charge >= 0.3 is 0 Å². The molecule has 0 saturated heterocycles. The molecule has 3 aromatic rings. The maximum absolute atomic E-state index is 13.7. The molecule has 1 heterocycles. The minimum atomic E-state index is -0.740. The summed E-state index contributed by atoms with van der Waals surface area (Å²) in [4.78, 5) is 16.4. The molecule has 0 aliphatic heterocycles. The summed E-state index contributed by atoms with van der Waals surface area (Å²) in [7, 11) is 1.54. The number of nitrogens with one attached hydrogen (secondary N) is 2. The molecule has 2 N–H and O–H groups in total. The van der Waals surface area contributed by atoms with E-state index in [2.05, 4.69) is 15.6 Å². The molecule has 1 amide bonds. The number of nitrogens with zero attached hydrogens (tertiary/aromatic N) is 1. The highest BCUT2D eigenvalue weighted by Gasteiger charge is 2.10. The van der Waals surface area contributed by atoms with E-state index in [9.17, 15) is 13.6 Å². The second-order valence-corrected chi connectivity index (χ2v) is 5.40. The molecule has 5 nitrogen and oxygen atoms in total. The lowest BCUT2D eigenvalue weighted by molar-refractivity contribution is 0.102. The van der Waals surface area contributed by atoms with Crippen LogP contribution in [0.1, 0.15) is 10.4 Å². The third kappa shape index (κ3) is 4.13. The summed E-state index contributed by atoms with van der Waals surface area (Å²) in [6, 6.07) is 11.6. The summed E-state index contributed by atoms with van der Waals surface area (Å²) in [5.74, 6) is -1.18. The molecular weight excluding hydrogens is 340 g/mol. The van der Waals surface area contributed by atoms with Crippen molar-refractivity contribution < 1.29 is 18.3 Å². The van der Waals surface area contributed by atoms with Crippen LogP contribution in [0.4, 0.5) is 25.8 Å². The van der Waals surface area contributed by atoms with Crippen LogP contribution in [0, 0.1) is 11.6 Å². The maximum Gasteiger partial charge on any atom is 0.257 e. The van der Waals surface area contributed by atoms with E-state index in [0.29, 0.717) is 17.1 Å². The number of hydrogen-bond donors (Lipinski definition) is 2. The van der Waals surface area contributed by atoms with Gasteiger partial charge < -0.3 is 15.4 Å². The van der Waals surface area contributed by atoms with Crippen LogP contribution < -0.4 is 15.4 Å². The van der Waals surface area contributed by atoms with E-state index >= 15 is 0 Å². The fourth-order valence-electron chi connectivity index (χ4n) is 2.28. The highest BCUT2D eigenvalue weighted by atomic mass is 19.1. The third-order valence-electron chi connectivity index (χ3n) is 3.54. The molecule has 0 radical (unpaired) electrons. The maximum atomic E-state index is 13.7. The molecule has 7 heteroatoms. The Labute approximate surface area is 148 Å². The fourth-order valence-corrected chi connectivity index (χ4v) is 2.28. The molecule has 0 aliphatic rings. The Morgan fingerprint density at radius 2 is 1.88 bits per heavy atom. The number of anilines is 3. The van der Waals surface area contributed by atoms with E-state index in [1.165, 1.54) is 31.6 Å². The number of benzene rings is 2. The second-order valence-electron chi connectivity index (χ2n) is 5.40. The lowest BCUT2D eigenvalue weighted by atomic mass is 10.2. The van der Waals surface area contributed by atoms with Crippen LogP contribution in [0.2, 0.25) is 0 Å². The van der Waals surface area contributed by atoms with Crippen LogP contribution in [-0.4, -0.2) is 18.0 Å². The Morgan fingerprint density at radius 3 is 2.65 bits per heavy atom. The van der Waals surface area contributed by atoms with Gasteiger partial charge in [0.25, 0.3) is 5.91 Å². The van der Waals surface area contributed by atoms with Crippen LogP contribution in [0.5, 0.6) is 5.75 Å². The molecule has 2 aromatic carbocycles. The normalized spacial score (nSPS) is 10.3. The molecule has 0 saturated carbocycles. The molecule has 26 heavy (non-hydrogen) atoms. The van der Waals surface area contributed by atoms with Gasteiger partial charge in [-0.25, -0.2) is 8.78 Å². The molecular formula is C19H15F2N3O2. The lowest BCUT2D eigenvalue weighted by Crippen LogP contribution is -2.12. The number of methoxy groups -OCH3 is 1. The first-order valence-corrected chi connectivity index (χ1v) is 7.67. The monoisotopic (exact) mass is 355 g/mol. The molecule has 0 atom stereocenters. The van der Waals surface area contributed by atoms with Crippen molar-refractivity contribution in [3.63, 3.8) is 0 Å². The summed E-state index contributed by atoms with van der Waals surface area (Å²) in [6.07, 6.45) is 2.83. The summed E-state index contributed by atoms with van der Waals surface area (Å²) < 4.78 is 31.8. The number of rotatable bonds is 5. The summed E-state index contributed by atoms with van der Waals surface area (Å²) in [5.41, 5.74) is 1.32. The summed E-state index contributed by atoms with van der Waals surface area (Å²) in [5, 5.41) is 5.51. The van der Waals surface area contributed by atoms with Gasteiger partial charge in [-0.3, -0.25) is 9.78 Å². The average Bonchev–Trinajstić information content (AvgIpc) is 2.64. The highest BCUT2D eigenvalue weighted by Crippen LogP contribution is 2.22. The predicted molar refractivity (Wildman–Crippen MR) is 94.8 cm³/mol. The first-order chi connectivity index (χ1) is 12.5. The van der Waals surface area contributed by atoms with Crippen molar-refractivity contribution in [2.75, 3.05) is 17.7 Å². The van der Waals surface area contributed by atoms with Gasteiger partial charge in [0.2, 0.25) is 0 Å². The van der Waals surface area contributed by atoms with E-state index in [0.717, 1.165) is 12.1 Å². The molecule has 0 unspecified atom stereocenters. The SMILES string of the molecule is COc1cccc(NC(=O)c2cncc(Nc3ccc(F)cc3F)c2)c1. The van der Waals surface area contributed by atoms with Gasteiger partial charge in [0.1, 0.15) is 17.4 Å². The topological polar surface area (TPSA) is 63.2 Å². The van der Waals surface area contributed by atoms with Crippen LogP contribution in [0.3, 0.4) is 0 Å². The van der Waals surface area contributed by atoms with Crippen molar-refractivity contribution in [3.8, 4) is 5.75 Å². The van der Waals surface area contributed by atoms with Crippen LogP contribution >= 0.6 is 0 Å². The third-order valence-corrected chi connectivity index (χ3v) is 3.54. The average molecular weight is 355 g/mol. The smallest absolute Gasteiger partial charge is 0.257 e. The van der Waals surface area contributed by atoms with E-state index in [1.54, 1.807) is 24.3 Å². The largest absolute Gasteiger partial charge is 0.497 e. The first kappa shape index (κ1) is 17.3. The number of hydrogen-bond acceptors (Lipinski definition) is 4. The van der Waals surface area contributed by atoms with Crippen molar-refractivity contribution >= 4 is 23.0 Å². The molecule has 0 bridgehead atoms. The number of pyridine rings is 1. The fraction of sp³-hybridized carbons (Fsp3) is 0.0526. The Bertz CT molecular complexity index is 948. The zero-order valence-corrected chi connectivity index (χ0v) is 13.8. The number of amides is 1.